The number of rotatable bonds is 8. The van der Waals surface area contributed by atoms with E-state index in [1.54, 1.807) is 18.3 Å². The molecule has 0 unspecified atom stereocenters. The monoisotopic (exact) mass is 314 g/mol. The Morgan fingerprint density at radius 2 is 1.87 bits per heavy atom. The zero-order chi connectivity index (χ0) is 16.5. The lowest BCUT2D eigenvalue weighted by Gasteiger charge is -2.08. The third-order valence-electron chi connectivity index (χ3n) is 3.17. The van der Waals surface area contributed by atoms with Crippen LogP contribution in [-0.4, -0.2) is 16.7 Å². The summed E-state index contributed by atoms with van der Waals surface area (Å²) in [5.74, 6) is -1.36. The van der Waals surface area contributed by atoms with E-state index in [1.165, 1.54) is 12.1 Å². The molecule has 0 saturated carbocycles. The highest BCUT2D eigenvalue weighted by Crippen LogP contribution is 2.11. The molecule has 5 nitrogen and oxygen atoms in total. The summed E-state index contributed by atoms with van der Waals surface area (Å²) in [5.41, 5.74) is 4.97. The number of carboxylic acid groups (broad SMARTS) is 1. The van der Waals surface area contributed by atoms with Gasteiger partial charge in [-0.15, -0.1) is 0 Å². The number of nitrogens with one attached hydrogen (secondary N) is 1. The van der Waals surface area contributed by atoms with Crippen molar-refractivity contribution < 1.29 is 14.3 Å². The van der Waals surface area contributed by atoms with E-state index >= 15 is 0 Å². The largest absolute Gasteiger partial charge is 0.550 e. The van der Waals surface area contributed by atoms with Crippen LogP contribution in [0.25, 0.3) is 0 Å². The number of carbonyl (C=O) groups excluding carboxylic acids is 1. The first-order valence-corrected chi connectivity index (χ1v) is 7.34. The number of carboxylic acids is 1. The maximum absolute atomic E-state index is 12.9. The molecule has 2 aromatic rings. The van der Waals surface area contributed by atoms with E-state index < -0.39 is 5.97 Å². The number of benzene rings is 1. The van der Waals surface area contributed by atoms with Crippen LogP contribution in [0.5, 0.6) is 0 Å². The van der Waals surface area contributed by atoms with Crippen LogP contribution in [0, 0.1) is 5.82 Å². The predicted molar refractivity (Wildman–Crippen MR) is 84.3 cm³/mol. The molecule has 6 heteroatoms. The summed E-state index contributed by atoms with van der Waals surface area (Å²) in [7, 11) is 0. The second kappa shape index (κ2) is 8.63. The fourth-order valence-corrected chi connectivity index (χ4v) is 1.99. The number of unbranched alkanes of at least 4 members (excludes halogenated alkanes) is 1. The molecule has 2 rings (SSSR count). The van der Waals surface area contributed by atoms with Crippen molar-refractivity contribution in [2.75, 3.05) is 5.43 Å². The molecular formula is C17H17FN3O2-. The average Bonchev–Trinajstić information content (AvgIpc) is 2.56. The summed E-state index contributed by atoms with van der Waals surface area (Å²) in [4.78, 5) is 14.7. The highest BCUT2D eigenvalue weighted by Gasteiger charge is 2.05. The predicted octanol–water partition coefficient (Wildman–Crippen LogP) is 2.35. The van der Waals surface area contributed by atoms with Crippen molar-refractivity contribution in [1.82, 2.24) is 4.98 Å². The molecule has 1 aromatic heterocycles. The van der Waals surface area contributed by atoms with Crippen molar-refractivity contribution in [3.05, 3.63) is 60.2 Å². The van der Waals surface area contributed by atoms with E-state index in [0.29, 0.717) is 30.7 Å². The van der Waals surface area contributed by atoms with Gasteiger partial charge in [-0.25, -0.2) is 4.39 Å². The van der Waals surface area contributed by atoms with Crippen molar-refractivity contribution in [3.63, 3.8) is 0 Å². The van der Waals surface area contributed by atoms with Crippen molar-refractivity contribution in [2.24, 2.45) is 5.10 Å². The van der Waals surface area contributed by atoms with Gasteiger partial charge in [-0.3, -0.25) is 10.4 Å². The van der Waals surface area contributed by atoms with Gasteiger partial charge in [0.15, 0.2) is 0 Å². The molecule has 23 heavy (non-hydrogen) atoms. The minimum absolute atomic E-state index is 0.0287. The number of halogens is 1. The van der Waals surface area contributed by atoms with E-state index in [2.05, 4.69) is 15.5 Å². The lowest BCUT2D eigenvalue weighted by atomic mass is 10.1. The summed E-state index contributed by atoms with van der Waals surface area (Å²) < 4.78 is 12.9. The molecule has 120 valence electrons. The van der Waals surface area contributed by atoms with Gasteiger partial charge in [0.25, 0.3) is 0 Å². The first kappa shape index (κ1) is 16.6. The Balaban J connectivity index is 2.04. The Labute approximate surface area is 133 Å². The van der Waals surface area contributed by atoms with Crippen LogP contribution in [0.3, 0.4) is 0 Å². The number of pyridine rings is 1. The summed E-state index contributed by atoms with van der Waals surface area (Å²) in [6.07, 6.45) is 3.46. The third-order valence-corrected chi connectivity index (χ3v) is 3.17. The standard InChI is InChI=1S/C17H18FN3O2/c18-13-8-10-14(11-9-13)20-21-16(6-1-2-7-17(22)23)15-5-3-4-12-19-15/h3-5,8-12,20H,1-2,6-7H2,(H,22,23)/p-1/b21-16-. The smallest absolute Gasteiger partial charge is 0.123 e. The molecule has 0 amide bonds. The van der Waals surface area contributed by atoms with Crippen molar-refractivity contribution in [3.8, 4) is 0 Å². The fourth-order valence-electron chi connectivity index (χ4n) is 1.99. The Morgan fingerprint density at radius 3 is 2.52 bits per heavy atom. The molecule has 1 N–H and O–H groups in total. The summed E-state index contributed by atoms with van der Waals surface area (Å²) in [6, 6.07) is 11.4. The third kappa shape index (κ3) is 5.86. The van der Waals surface area contributed by atoms with Gasteiger partial charge in [0.2, 0.25) is 0 Å². The van der Waals surface area contributed by atoms with Gasteiger partial charge in [0.1, 0.15) is 5.82 Å². The van der Waals surface area contributed by atoms with Crippen LogP contribution >= 0.6 is 0 Å². The SMILES string of the molecule is O=C([O-])CCCC/C(=N/Nc1ccc(F)cc1)c1ccccn1. The Kier molecular flexibility index (Phi) is 6.23. The zero-order valence-corrected chi connectivity index (χ0v) is 12.5. The van der Waals surface area contributed by atoms with E-state index in [9.17, 15) is 14.3 Å². The molecule has 0 radical (unpaired) electrons. The minimum atomic E-state index is -1.05. The zero-order valence-electron chi connectivity index (χ0n) is 12.5. The molecule has 1 heterocycles. The number of hydrogen-bond donors (Lipinski definition) is 1. The maximum atomic E-state index is 12.9. The van der Waals surface area contributed by atoms with Gasteiger partial charge in [0, 0.05) is 12.2 Å². The molecule has 0 aliphatic heterocycles. The van der Waals surface area contributed by atoms with Crippen LogP contribution in [0.1, 0.15) is 31.4 Å². The summed E-state index contributed by atoms with van der Waals surface area (Å²) in [5, 5.41) is 14.8. The fraction of sp³-hybridized carbons (Fsp3) is 0.235. The second-order valence-corrected chi connectivity index (χ2v) is 4.97. The number of aliphatic carboxylic acids is 1. The topological polar surface area (TPSA) is 77.4 Å². The summed E-state index contributed by atoms with van der Waals surface area (Å²) in [6.45, 7) is 0. The van der Waals surface area contributed by atoms with Crippen molar-refractivity contribution in [1.29, 1.82) is 0 Å². The maximum Gasteiger partial charge on any atom is 0.123 e. The first-order valence-electron chi connectivity index (χ1n) is 7.34. The first-order chi connectivity index (χ1) is 11.1. The molecule has 1 aromatic carbocycles. The molecule has 0 bridgehead atoms. The quantitative estimate of drug-likeness (QED) is 0.461. The number of anilines is 1. The number of carbonyl (C=O) groups is 1. The van der Waals surface area contributed by atoms with E-state index in [0.717, 1.165) is 5.69 Å². The highest BCUT2D eigenvalue weighted by molar-refractivity contribution is 5.99. The number of aromatic nitrogens is 1. The Bertz CT molecular complexity index is 657. The molecule has 0 fully saturated rings. The number of hydrogen-bond acceptors (Lipinski definition) is 5. The van der Waals surface area contributed by atoms with Gasteiger partial charge < -0.3 is 9.90 Å². The average molecular weight is 314 g/mol. The van der Waals surface area contributed by atoms with Crippen LogP contribution in [0.15, 0.2) is 53.8 Å². The van der Waals surface area contributed by atoms with Gasteiger partial charge in [-0.2, -0.15) is 5.10 Å². The van der Waals surface area contributed by atoms with Gasteiger partial charge >= 0.3 is 0 Å². The van der Waals surface area contributed by atoms with Crippen LogP contribution < -0.4 is 10.5 Å². The Morgan fingerprint density at radius 1 is 1.13 bits per heavy atom. The molecule has 0 spiro atoms. The number of hydrazone groups is 1. The van der Waals surface area contributed by atoms with Crippen LogP contribution in [0.4, 0.5) is 10.1 Å². The van der Waals surface area contributed by atoms with E-state index in [4.69, 9.17) is 0 Å². The van der Waals surface area contributed by atoms with E-state index in [1.807, 2.05) is 18.2 Å². The van der Waals surface area contributed by atoms with Crippen LogP contribution in [0.2, 0.25) is 0 Å². The molecule has 0 aliphatic rings. The molecule has 0 saturated heterocycles. The van der Waals surface area contributed by atoms with Crippen molar-refractivity contribution in [2.45, 2.75) is 25.7 Å². The van der Waals surface area contributed by atoms with Gasteiger partial charge in [-0.05, 0) is 62.1 Å². The second-order valence-electron chi connectivity index (χ2n) is 4.97. The lowest BCUT2D eigenvalue weighted by Crippen LogP contribution is -2.21. The van der Waals surface area contributed by atoms with Gasteiger partial charge in [-0.1, -0.05) is 6.07 Å². The van der Waals surface area contributed by atoms with Gasteiger partial charge in [0.05, 0.1) is 17.1 Å². The molecule has 0 aliphatic carbocycles. The molecule has 0 atom stereocenters. The van der Waals surface area contributed by atoms with Crippen LogP contribution in [-0.2, 0) is 4.79 Å². The van der Waals surface area contributed by atoms with E-state index in [-0.39, 0.29) is 12.2 Å². The number of nitrogens with zero attached hydrogens (tertiary/aromatic N) is 2. The van der Waals surface area contributed by atoms with Crippen molar-refractivity contribution >= 4 is 17.4 Å². The minimum Gasteiger partial charge on any atom is -0.550 e. The highest BCUT2D eigenvalue weighted by atomic mass is 19.1. The Hall–Kier alpha value is -2.76. The normalized spacial score (nSPS) is 11.3. The lowest BCUT2D eigenvalue weighted by molar-refractivity contribution is -0.305. The summed E-state index contributed by atoms with van der Waals surface area (Å²) >= 11 is 0. The molecular weight excluding hydrogens is 297 g/mol.